The molecule has 0 saturated carbocycles. The minimum atomic E-state index is 0.189. The van der Waals surface area contributed by atoms with Crippen LogP contribution in [-0.4, -0.2) is 46.2 Å². The topological polar surface area (TPSA) is 67.3 Å². The van der Waals surface area contributed by atoms with E-state index in [4.69, 9.17) is 16.3 Å². The average Bonchev–Trinajstić information content (AvgIpc) is 2.85. The summed E-state index contributed by atoms with van der Waals surface area (Å²) < 4.78 is 5.50. The molecular formula is C24H23ClN6O. The van der Waals surface area contributed by atoms with Gasteiger partial charge in [-0.3, -0.25) is 0 Å². The van der Waals surface area contributed by atoms with Crippen molar-refractivity contribution in [3.05, 3.63) is 83.4 Å². The fraction of sp³-hybridized carbons (Fsp3) is 0.250. The van der Waals surface area contributed by atoms with Crippen molar-refractivity contribution in [3.8, 4) is 0 Å². The van der Waals surface area contributed by atoms with Crippen LogP contribution in [0.5, 0.6) is 0 Å². The molecule has 8 heteroatoms. The zero-order chi connectivity index (χ0) is 21.8. The quantitative estimate of drug-likeness (QED) is 0.413. The van der Waals surface area contributed by atoms with Crippen molar-refractivity contribution in [2.45, 2.75) is 13.1 Å². The maximum absolute atomic E-state index is 6.39. The molecule has 0 spiro atoms. The first kappa shape index (κ1) is 20.6. The lowest BCUT2D eigenvalue weighted by Gasteiger charge is -2.29. The summed E-state index contributed by atoms with van der Waals surface area (Å²) in [7, 11) is 0. The summed E-state index contributed by atoms with van der Waals surface area (Å²) in [5.41, 5.74) is 3.72. The van der Waals surface area contributed by atoms with Crippen LogP contribution in [0.4, 0.5) is 11.6 Å². The monoisotopic (exact) mass is 446 g/mol. The summed E-state index contributed by atoms with van der Waals surface area (Å²) in [6, 6.07) is 20.7. The molecule has 4 aromatic rings. The standard InChI is InChI=1S/C24H23ClN6O/c25-24-28-21-20(23(29-24)30-11-13-32-14-12-30)26-17-27-22(21)31(15-18-7-3-1-4-8-18)16-19-9-5-2-6-10-19/h1-10,17H,11-16H2. The van der Waals surface area contributed by atoms with E-state index in [1.165, 1.54) is 11.1 Å². The Hall–Kier alpha value is -3.29. The van der Waals surface area contributed by atoms with Crippen LogP contribution in [0.15, 0.2) is 67.0 Å². The molecule has 1 fully saturated rings. The summed E-state index contributed by atoms with van der Waals surface area (Å²) >= 11 is 6.39. The molecule has 0 unspecified atom stereocenters. The molecule has 1 aliphatic heterocycles. The number of anilines is 2. The molecule has 7 nitrogen and oxygen atoms in total. The van der Waals surface area contributed by atoms with Crippen LogP contribution in [0, 0.1) is 0 Å². The lowest BCUT2D eigenvalue weighted by Crippen LogP contribution is -2.37. The van der Waals surface area contributed by atoms with Gasteiger partial charge in [-0.25, -0.2) is 15.0 Å². The molecule has 0 aliphatic carbocycles. The van der Waals surface area contributed by atoms with Crippen LogP contribution in [0.25, 0.3) is 11.0 Å². The highest BCUT2D eigenvalue weighted by molar-refractivity contribution is 6.29. The molecule has 162 valence electrons. The maximum Gasteiger partial charge on any atom is 0.225 e. The summed E-state index contributed by atoms with van der Waals surface area (Å²) in [5, 5.41) is 0.189. The lowest BCUT2D eigenvalue weighted by molar-refractivity contribution is 0.122. The number of fused-ring (bicyclic) bond motifs is 1. The van der Waals surface area contributed by atoms with Gasteiger partial charge in [-0.1, -0.05) is 60.7 Å². The first-order chi connectivity index (χ1) is 15.8. The second-order valence-corrected chi connectivity index (χ2v) is 7.98. The SMILES string of the molecule is Clc1nc(N2CCOCC2)c2ncnc(N(Cc3ccccc3)Cc3ccccc3)c2n1. The van der Waals surface area contributed by atoms with Gasteiger partial charge in [-0.15, -0.1) is 0 Å². The normalized spacial score (nSPS) is 14.0. The van der Waals surface area contributed by atoms with Gasteiger partial charge in [0.1, 0.15) is 17.4 Å². The summed E-state index contributed by atoms with van der Waals surface area (Å²) in [6.07, 6.45) is 1.59. The minimum absolute atomic E-state index is 0.189. The molecule has 2 aromatic carbocycles. The summed E-state index contributed by atoms with van der Waals surface area (Å²) in [5.74, 6) is 1.47. The van der Waals surface area contributed by atoms with Gasteiger partial charge >= 0.3 is 0 Å². The van der Waals surface area contributed by atoms with E-state index in [0.29, 0.717) is 37.3 Å². The molecule has 0 amide bonds. The van der Waals surface area contributed by atoms with Crippen molar-refractivity contribution in [2.24, 2.45) is 0 Å². The summed E-state index contributed by atoms with van der Waals surface area (Å²) in [4.78, 5) is 22.6. The second kappa shape index (κ2) is 9.46. The van der Waals surface area contributed by atoms with Gasteiger partial charge in [0.25, 0.3) is 0 Å². The van der Waals surface area contributed by atoms with E-state index in [1.807, 2.05) is 36.4 Å². The number of nitrogens with zero attached hydrogens (tertiary/aromatic N) is 6. The largest absolute Gasteiger partial charge is 0.378 e. The Morgan fingerprint density at radius 2 is 1.44 bits per heavy atom. The van der Waals surface area contributed by atoms with Gasteiger partial charge in [0, 0.05) is 26.2 Å². The number of ether oxygens (including phenoxy) is 1. The number of aromatic nitrogens is 4. The predicted octanol–water partition coefficient (Wildman–Crippen LogP) is 4.12. The van der Waals surface area contributed by atoms with Crippen LogP contribution >= 0.6 is 11.6 Å². The lowest BCUT2D eigenvalue weighted by atomic mass is 10.1. The van der Waals surface area contributed by atoms with Crippen molar-refractivity contribution < 1.29 is 4.74 Å². The molecular weight excluding hydrogens is 424 g/mol. The number of rotatable bonds is 6. The highest BCUT2D eigenvalue weighted by Gasteiger charge is 2.22. The van der Waals surface area contributed by atoms with Crippen LogP contribution < -0.4 is 9.80 Å². The third-order valence-electron chi connectivity index (χ3n) is 5.46. The first-order valence-electron chi connectivity index (χ1n) is 10.6. The van der Waals surface area contributed by atoms with E-state index < -0.39 is 0 Å². The molecule has 0 atom stereocenters. The fourth-order valence-corrected chi connectivity index (χ4v) is 4.10. The van der Waals surface area contributed by atoms with Crippen molar-refractivity contribution >= 4 is 34.3 Å². The number of benzene rings is 2. The zero-order valence-corrected chi connectivity index (χ0v) is 18.3. The Kier molecular flexibility index (Phi) is 6.09. The van der Waals surface area contributed by atoms with Crippen molar-refractivity contribution in [2.75, 3.05) is 36.1 Å². The molecule has 0 N–H and O–H groups in total. The predicted molar refractivity (Wildman–Crippen MR) is 126 cm³/mol. The number of hydrogen-bond acceptors (Lipinski definition) is 7. The van der Waals surface area contributed by atoms with Gasteiger partial charge in [0.05, 0.1) is 13.2 Å². The Balaban J connectivity index is 1.60. The Bertz CT molecular complexity index is 1140. The van der Waals surface area contributed by atoms with Crippen LogP contribution in [0.2, 0.25) is 5.28 Å². The van der Waals surface area contributed by atoms with Gasteiger partial charge in [-0.05, 0) is 22.7 Å². The fourth-order valence-electron chi connectivity index (χ4n) is 3.93. The molecule has 3 heterocycles. The number of morpholine rings is 1. The highest BCUT2D eigenvalue weighted by atomic mass is 35.5. The summed E-state index contributed by atoms with van der Waals surface area (Å²) in [6.45, 7) is 4.12. The number of hydrogen-bond donors (Lipinski definition) is 0. The highest BCUT2D eigenvalue weighted by Crippen LogP contribution is 2.31. The van der Waals surface area contributed by atoms with E-state index in [-0.39, 0.29) is 5.28 Å². The molecule has 0 radical (unpaired) electrons. The third kappa shape index (κ3) is 4.49. The van der Waals surface area contributed by atoms with Gasteiger partial charge in [-0.2, -0.15) is 4.98 Å². The van der Waals surface area contributed by atoms with E-state index in [1.54, 1.807) is 6.33 Å². The van der Waals surface area contributed by atoms with E-state index >= 15 is 0 Å². The van der Waals surface area contributed by atoms with Gasteiger partial charge < -0.3 is 14.5 Å². The molecule has 5 rings (SSSR count). The van der Waals surface area contributed by atoms with Crippen LogP contribution in [0.1, 0.15) is 11.1 Å². The smallest absolute Gasteiger partial charge is 0.225 e. The third-order valence-corrected chi connectivity index (χ3v) is 5.63. The Morgan fingerprint density at radius 3 is 2.06 bits per heavy atom. The van der Waals surface area contributed by atoms with Crippen molar-refractivity contribution in [3.63, 3.8) is 0 Å². The van der Waals surface area contributed by atoms with Crippen LogP contribution in [0.3, 0.4) is 0 Å². The maximum atomic E-state index is 6.39. The molecule has 1 aliphatic rings. The first-order valence-corrected chi connectivity index (χ1v) is 11.0. The second-order valence-electron chi connectivity index (χ2n) is 7.64. The zero-order valence-electron chi connectivity index (χ0n) is 17.6. The Morgan fingerprint density at radius 1 is 0.812 bits per heavy atom. The van der Waals surface area contributed by atoms with E-state index in [0.717, 1.165) is 24.7 Å². The molecule has 2 aromatic heterocycles. The van der Waals surface area contributed by atoms with Gasteiger partial charge in [0.15, 0.2) is 11.6 Å². The van der Waals surface area contributed by atoms with Crippen molar-refractivity contribution in [1.82, 2.24) is 19.9 Å². The Labute approximate surface area is 191 Å². The molecule has 1 saturated heterocycles. The van der Waals surface area contributed by atoms with Crippen LogP contribution in [-0.2, 0) is 17.8 Å². The minimum Gasteiger partial charge on any atom is -0.378 e. The average molecular weight is 447 g/mol. The molecule has 32 heavy (non-hydrogen) atoms. The van der Waals surface area contributed by atoms with Crippen molar-refractivity contribution in [1.29, 1.82) is 0 Å². The molecule has 0 bridgehead atoms. The van der Waals surface area contributed by atoms with Gasteiger partial charge in [0.2, 0.25) is 5.28 Å². The number of halogens is 1. The van der Waals surface area contributed by atoms with E-state index in [9.17, 15) is 0 Å². The van der Waals surface area contributed by atoms with E-state index in [2.05, 4.69) is 54.0 Å².